The Kier molecular flexibility index (Phi) is 3.18. The van der Waals surface area contributed by atoms with Crippen molar-refractivity contribution in [3.8, 4) is 0 Å². The number of rotatable bonds is 1. The summed E-state index contributed by atoms with van der Waals surface area (Å²) in [5.74, 6) is 0.603. The summed E-state index contributed by atoms with van der Waals surface area (Å²) in [6.07, 6.45) is 5.49. The van der Waals surface area contributed by atoms with E-state index in [0.29, 0.717) is 5.92 Å². The van der Waals surface area contributed by atoms with Gasteiger partial charge in [-0.05, 0) is 32.6 Å². The Morgan fingerprint density at radius 3 is 2.46 bits per heavy atom. The first-order valence-corrected chi connectivity index (χ1v) is 5.31. The molecule has 1 aliphatic rings. The lowest BCUT2D eigenvalue weighted by Gasteiger charge is -2.42. The van der Waals surface area contributed by atoms with Gasteiger partial charge < -0.3 is 5.11 Å². The average molecular weight is 182 g/mol. The summed E-state index contributed by atoms with van der Waals surface area (Å²) in [5, 5.41) is 10.0. The monoisotopic (exact) mass is 182 g/mol. The van der Waals surface area contributed by atoms with Crippen molar-refractivity contribution in [1.82, 2.24) is 0 Å². The molecule has 76 valence electrons. The molecule has 1 N–H and O–H groups in total. The second-order valence-corrected chi connectivity index (χ2v) is 4.94. The van der Waals surface area contributed by atoms with Gasteiger partial charge in [0.25, 0.3) is 0 Å². The summed E-state index contributed by atoms with van der Waals surface area (Å²) in [6.45, 7) is 8.66. The minimum atomic E-state index is -0.147. The maximum Gasteiger partial charge on any atom is 0.0630 e. The van der Waals surface area contributed by atoms with Crippen molar-refractivity contribution >= 4 is 0 Å². The Labute approximate surface area is 81.9 Å². The highest BCUT2D eigenvalue weighted by molar-refractivity contribution is 5.10. The molecular weight excluding hydrogens is 160 g/mol. The number of aliphatic hydroxyl groups is 1. The Morgan fingerprint density at radius 2 is 2.00 bits per heavy atom. The van der Waals surface area contributed by atoms with Crippen LogP contribution >= 0.6 is 0 Å². The van der Waals surface area contributed by atoms with Crippen molar-refractivity contribution in [1.29, 1.82) is 0 Å². The van der Waals surface area contributed by atoms with Crippen LogP contribution in [0.25, 0.3) is 0 Å². The molecule has 1 aliphatic carbocycles. The fraction of sp³-hybridized carbons (Fsp3) is 0.833. The van der Waals surface area contributed by atoms with Crippen LogP contribution in [-0.2, 0) is 0 Å². The van der Waals surface area contributed by atoms with Crippen molar-refractivity contribution in [3.63, 3.8) is 0 Å². The zero-order chi connectivity index (χ0) is 10.1. The lowest BCUT2D eigenvalue weighted by Crippen LogP contribution is -2.40. The van der Waals surface area contributed by atoms with Crippen LogP contribution in [0, 0.1) is 11.3 Å². The summed E-state index contributed by atoms with van der Waals surface area (Å²) in [6, 6.07) is 0. The van der Waals surface area contributed by atoms with Crippen LogP contribution in [0.5, 0.6) is 0 Å². The number of hydrogen-bond donors (Lipinski definition) is 1. The minimum Gasteiger partial charge on any atom is -0.392 e. The van der Waals surface area contributed by atoms with Gasteiger partial charge in [-0.1, -0.05) is 31.9 Å². The van der Waals surface area contributed by atoms with Gasteiger partial charge in [0, 0.05) is 5.41 Å². The highest BCUT2D eigenvalue weighted by atomic mass is 16.3. The second kappa shape index (κ2) is 3.83. The first-order valence-electron chi connectivity index (χ1n) is 5.31. The van der Waals surface area contributed by atoms with Crippen LogP contribution in [0.2, 0.25) is 0 Å². The van der Waals surface area contributed by atoms with Crippen LogP contribution in [0.4, 0.5) is 0 Å². The summed E-state index contributed by atoms with van der Waals surface area (Å²) in [7, 11) is 0. The molecule has 0 aromatic heterocycles. The average Bonchev–Trinajstić information content (AvgIpc) is 1.99. The Morgan fingerprint density at radius 1 is 1.38 bits per heavy atom. The van der Waals surface area contributed by atoms with E-state index in [1.54, 1.807) is 0 Å². The molecule has 1 nitrogen and oxygen atoms in total. The fourth-order valence-corrected chi connectivity index (χ4v) is 2.43. The Hall–Kier alpha value is -0.300. The van der Waals surface area contributed by atoms with Gasteiger partial charge >= 0.3 is 0 Å². The van der Waals surface area contributed by atoms with Gasteiger partial charge in [0.15, 0.2) is 0 Å². The third-order valence-electron chi connectivity index (χ3n) is 3.49. The van der Waals surface area contributed by atoms with Crippen LogP contribution in [0.1, 0.15) is 47.0 Å². The van der Waals surface area contributed by atoms with E-state index in [-0.39, 0.29) is 11.5 Å². The standard InChI is InChI=1S/C12H22O/c1-9(2)8-12(4)10(3)6-5-7-11(12)13/h8,10-11,13H,5-7H2,1-4H3. The lowest BCUT2D eigenvalue weighted by molar-refractivity contribution is -0.00297. The van der Waals surface area contributed by atoms with Crippen LogP contribution < -0.4 is 0 Å². The zero-order valence-corrected chi connectivity index (χ0v) is 9.30. The third-order valence-corrected chi connectivity index (χ3v) is 3.49. The van der Waals surface area contributed by atoms with Gasteiger partial charge in [0.05, 0.1) is 6.10 Å². The van der Waals surface area contributed by atoms with Crippen LogP contribution in [-0.4, -0.2) is 11.2 Å². The van der Waals surface area contributed by atoms with Crippen molar-refractivity contribution in [3.05, 3.63) is 11.6 Å². The van der Waals surface area contributed by atoms with E-state index in [1.807, 2.05) is 0 Å². The zero-order valence-electron chi connectivity index (χ0n) is 9.30. The third kappa shape index (κ3) is 2.14. The lowest BCUT2D eigenvalue weighted by atomic mass is 9.66. The maximum absolute atomic E-state index is 10.0. The molecule has 3 atom stereocenters. The molecule has 1 heteroatoms. The molecule has 0 heterocycles. The smallest absolute Gasteiger partial charge is 0.0630 e. The predicted octanol–water partition coefficient (Wildman–Crippen LogP) is 3.14. The van der Waals surface area contributed by atoms with Gasteiger partial charge in [-0.25, -0.2) is 0 Å². The summed E-state index contributed by atoms with van der Waals surface area (Å²) in [4.78, 5) is 0. The Bertz CT molecular complexity index is 191. The van der Waals surface area contributed by atoms with E-state index >= 15 is 0 Å². The van der Waals surface area contributed by atoms with Crippen molar-refractivity contribution in [2.24, 2.45) is 11.3 Å². The first kappa shape index (κ1) is 10.8. The molecule has 0 aromatic rings. The molecule has 0 aromatic carbocycles. The summed E-state index contributed by atoms with van der Waals surface area (Å²) < 4.78 is 0. The molecule has 0 bridgehead atoms. The Balaban J connectivity index is 2.87. The molecule has 0 amide bonds. The molecule has 0 aliphatic heterocycles. The highest BCUT2D eigenvalue weighted by Gasteiger charge is 2.38. The second-order valence-electron chi connectivity index (χ2n) is 4.94. The van der Waals surface area contributed by atoms with Crippen molar-refractivity contribution < 1.29 is 5.11 Å². The molecule has 1 saturated carbocycles. The SMILES string of the molecule is CC(C)=CC1(C)C(C)CCCC1O. The molecule has 3 unspecified atom stereocenters. The normalized spacial score (nSPS) is 40.1. The van der Waals surface area contributed by atoms with E-state index < -0.39 is 0 Å². The van der Waals surface area contributed by atoms with E-state index in [1.165, 1.54) is 18.4 Å². The first-order chi connectivity index (χ1) is 5.97. The molecule has 1 rings (SSSR count). The molecule has 0 radical (unpaired) electrons. The maximum atomic E-state index is 10.0. The predicted molar refractivity (Wildman–Crippen MR) is 56.6 cm³/mol. The van der Waals surface area contributed by atoms with Gasteiger partial charge in [0.2, 0.25) is 0 Å². The van der Waals surface area contributed by atoms with Gasteiger partial charge in [0.1, 0.15) is 0 Å². The largest absolute Gasteiger partial charge is 0.392 e. The number of aliphatic hydroxyl groups excluding tert-OH is 1. The fourth-order valence-electron chi connectivity index (χ4n) is 2.43. The van der Waals surface area contributed by atoms with E-state index in [2.05, 4.69) is 33.8 Å². The molecule has 0 spiro atoms. The quantitative estimate of drug-likeness (QED) is 0.618. The molecule has 1 fully saturated rings. The number of allylic oxidation sites excluding steroid dienone is 1. The molecular formula is C12H22O. The van der Waals surface area contributed by atoms with Gasteiger partial charge in [-0.3, -0.25) is 0 Å². The van der Waals surface area contributed by atoms with E-state index in [4.69, 9.17) is 0 Å². The van der Waals surface area contributed by atoms with Crippen LogP contribution in [0.15, 0.2) is 11.6 Å². The highest BCUT2D eigenvalue weighted by Crippen LogP contribution is 2.42. The van der Waals surface area contributed by atoms with Gasteiger partial charge in [-0.2, -0.15) is 0 Å². The topological polar surface area (TPSA) is 20.2 Å². The van der Waals surface area contributed by atoms with Crippen molar-refractivity contribution in [2.75, 3.05) is 0 Å². The van der Waals surface area contributed by atoms with Gasteiger partial charge in [-0.15, -0.1) is 0 Å². The minimum absolute atomic E-state index is 0.0110. The van der Waals surface area contributed by atoms with Crippen molar-refractivity contribution in [2.45, 2.75) is 53.1 Å². The molecule has 0 saturated heterocycles. The van der Waals surface area contributed by atoms with E-state index in [9.17, 15) is 5.11 Å². The number of hydrogen-bond acceptors (Lipinski definition) is 1. The van der Waals surface area contributed by atoms with Crippen LogP contribution in [0.3, 0.4) is 0 Å². The molecule has 13 heavy (non-hydrogen) atoms. The summed E-state index contributed by atoms with van der Waals surface area (Å²) in [5.41, 5.74) is 1.33. The summed E-state index contributed by atoms with van der Waals surface area (Å²) >= 11 is 0. The van der Waals surface area contributed by atoms with E-state index in [0.717, 1.165) is 6.42 Å².